The first-order valence-electron chi connectivity index (χ1n) is 6.44. The molecule has 0 bridgehead atoms. The summed E-state index contributed by atoms with van der Waals surface area (Å²) < 4.78 is 7.78. The number of aromatic amines is 1. The lowest BCUT2D eigenvalue weighted by molar-refractivity contribution is 0.411. The van der Waals surface area contributed by atoms with Crippen molar-refractivity contribution in [3.8, 4) is 17.5 Å². The van der Waals surface area contributed by atoms with Gasteiger partial charge in [-0.2, -0.15) is 5.26 Å². The summed E-state index contributed by atoms with van der Waals surface area (Å²) in [5.41, 5.74) is 4.21. The van der Waals surface area contributed by atoms with Gasteiger partial charge in [-0.3, -0.25) is 4.57 Å². The van der Waals surface area contributed by atoms with Gasteiger partial charge < -0.3 is 9.72 Å². The summed E-state index contributed by atoms with van der Waals surface area (Å²) >= 11 is 5.41. The van der Waals surface area contributed by atoms with Gasteiger partial charge in [-0.05, 0) is 55.0 Å². The molecule has 0 aliphatic heterocycles. The average molecular weight is 295 g/mol. The van der Waals surface area contributed by atoms with E-state index in [1.54, 1.807) is 13.2 Å². The van der Waals surface area contributed by atoms with Crippen molar-refractivity contribution in [2.75, 3.05) is 7.11 Å². The number of H-pyrrole nitrogens is 1. The quantitative estimate of drug-likeness (QED) is 0.730. The normalized spacial score (nSPS) is 10.5. The zero-order valence-corrected chi connectivity index (χ0v) is 12.5. The molecule has 0 radical (unpaired) electrons. The zero-order valence-electron chi connectivity index (χ0n) is 11.7. The van der Waals surface area contributed by atoms with Crippen LogP contribution in [0.15, 0.2) is 36.4 Å². The summed E-state index contributed by atoms with van der Waals surface area (Å²) in [5, 5.41) is 9.19. The fraction of sp³-hybridized carbons (Fsp3) is 0.125. The maximum Gasteiger partial charge on any atom is 0.182 e. The Morgan fingerprint density at radius 3 is 2.76 bits per heavy atom. The number of nitrogens with zero attached hydrogens (tertiary/aromatic N) is 2. The van der Waals surface area contributed by atoms with E-state index in [1.807, 2.05) is 41.8 Å². The van der Waals surface area contributed by atoms with Gasteiger partial charge in [0, 0.05) is 5.69 Å². The van der Waals surface area contributed by atoms with Gasteiger partial charge in [-0.15, -0.1) is 0 Å². The van der Waals surface area contributed by atoms with E-state index in [4.69, 9.17) is 17.0 Å². The number of para-hydroxylation sites is 1. The van der Waals surface area contributed by atoms with Crippen LogP contribution in [0.4, 0.5) is 0 Å². The molecule has 0 unspecified atom stereocenters. The number of benzene rings is 2. The summed E-state index contributed by atoms with van der Waals surface area (Å²) in [6.45, 7) is 1.99. The Morgan fingerprint density at radius 1 is 1.29 bits per heavy atom. The molecule has 21 heavy (non-hydrogen) atoms. The van der Waals surface area contributed by atoms with E-state index in [2.05, 4.69) is 11.1 Å². The fourth-order valence-electron chi connectivity index (χ4n) is 2.48. The number of aryl methyl sites for hydroxylation is 1. The molecule has 0 saturated carbocycles. The smallest absolute Gasteiger partial charge is 0.182 e. The molecule has 0 aliphatic rings. The molecular weight excluding hydrogens is 282 g/mol. The highest BCUT2D eigenvalue weighted by atomic mass is 32.1. The van der Waals surface area contributed by atoms with Crippen molar-refractivity contribution < 1.29 is 4.74 Å². The molecular formula is C16H13N3OS. The standard InChI is InChI=1S/C16H13N3OS/c1-10-8-12(6-7-14(10)20-2)19-13-5-3-4-11(9-17)15(13)18-16(19)21/h3-8H,1-2H3,(H,18,21). The summed E-state index contributed by atoms with van der Waals surface area (Å²) in [4.78, 5) is 3.12. The Labute approximate surface area is 127 Å². The van der Waals surface area contributed by atoms with Crippen LogP contribution < -0.4 is 4.74 Å². The zero-order chi connectivity index (χ0) is 15.0. The highest BCUT2D eigenvalue weighted by molar-refractivity contribution is 7.71. The lowest BCUT2D eigenvalue weighted by Crippen LogP contribution is -1.96. The van der Waals surface area contributed by atoms with Gasteiger partial charge in [0.25, 0.3) is 0 Å². The Hall–Kier alpha value is -2.58. The molecule has 0 aliphatic carbocycles. The molecule has 3 rings (SSSR count). The average Bonchev–Trinajstić information content (AvgIpc) is 2.82. The van der Waals surface area contributed by atoms with E-state index >= 15 is 0 Å². The van der Waals surface area contributed by atoms with Gasteiger partial charge in [0.05, 0.1) is 23.7 Å². The van der Waals surface area contributed by atoms with E-state index in [0.717, 1.165) is 28.0 Å². The number of ether oxygens (including phenoxy) is 1. The SMILES string of the molecule is COc1ccc(-n2c(=S)[nH]c3c(C#N)cccc32)cc1C. The number of hydrogen-bond donors (Lipinski definition) is 1. The van der Waals surface area contributed by atoms with Crippen LogP contribution in [-0.4, -0.2) is 16.7 Å². The number of nitrogens with one attached hydrogen (secondary N) is 1. The van der Waals surface area contributed by atoms with Crippen LogP contribution in [0.2, 0.25) is 0 Å². The van der Waals surface area contributed by atoms with Gasteiger partial charge in [0.1, 0.15) is 11.8 Å². The first-order chi connectivity index (χ1) is 10.2. The van der Waals surface area contributed by atoms with E-state index in [0.29, 0.717) is 10.3 Å². The maximum absolute atomic E-state index is 9.19. The Bertz CT molecular complexity index is 931. The van der Waals surface area contributed by atoms with Crippen molar-refractivity contribution in [1.82, 2.24) is 9.55 Å². The third-order valence-corrected chi connectivity index (χ3v) is 3.76. The predicted octanol–water partition coefficient (Wildman–Crippen LogP) is 3.88. The van der Waals surface area contributed by atoms with Gasteiger partial charge >= 0.3 is 0 Å². The second-order valence-corrected chi connectivity index (χ2v) is 5.12. The van der Waals surface area contributed by atoms with Crippen LogP contribution in [0.1, 0.15) is 11.1 Å². The minimum absolute atomic E-state index is 0.567. The van der Waals surface area contributed by atoms with Gasteiger partial charge in [0.15, 0.2) is 4.77 Å². The Morgan fingerprint density at radius 2 is 2.10 bits per heavy atom. The molecule has 104 valence electrons. The number of fused-ring (bicyclic) bond motifs is 1. The Kier molecular flexibility index (Phi) is 3.24. The molecule has 0 amide bonds. The maximum atomic E-state index is 9.19. The first kappa shape index (κ1) is 13.4. The lowest BCUT2D eigenvalue weighted by Gasteiger charge is -2.09. The molecule has 0 atom stereocenters. The van der Waals surface area contributed by atoms with Crippen LogP contribution >= 0.6 is 12.2 Å². The van der Waals surface area contributed by atoms with Crippen molar-refractivity contribution in [3.05, 3.63) is 52.3 Å². The van der Waals surface area contributed by atoms with Crippen molar-refractivity contribution in [1.29, 1.82) is 5.26 Å². The van der Waals surface area contributed by atoms with E-state index in [-0.39, 0.29) is 0 Å². The highest BCUT2D eigenvalue weighted by Crippen LogP contribution is 2.25. The number of hydrogen-bond acceptors (Lipinski definition) is 3. The topological polar surface area (TPSA) is 53.7 Å². The fourth-order valence-corrected chi connectivity index (χ4v) is 2.79. The largest absolute Gasteiger partial charge is 0.496 e. The van der Waals surface area contributed by atoms with Crippen LogP contribution in [0.25, 0.3) is 16.7 Å². The molecule has 1 N–H and O–H groups in total. The summed E-state index contributed by atoms with van der Waals surface area (Å²) in [6, 6.07) is 13.6. The van der Waals surface area contributed by atoms with Gasteiger partial charge in [-0.1, -0.05) is 6.07 Å². The summed E-state index contributed by atoms with van der Waals surface area (Å²) in [7, 11) is 1.65. The van der Waals surface area contributed by atoms with Crippen LogP contribution in [-0.2, 0) is 0 Å². The molecule has 1 heterocycles. The number of imidazole rings is 1. The van der Waals surface area contributed by atoms with E-state index in [1.165, 1.54) is 0 Å². The minimum Gasteiger partial charge on any atom is -0.496 e. The third-order valence-electron chi connectivity index (χ3n) is 3.48. The number of aromatic nitrogens is 2. The van der Waals surface area contributed by atoms with Crippen molar-refractivity contribution in [2.45, 2.75) is 6.92 Å². The second kappa shape index (κ2) is 5.08. The third kappa shape index (κ3) is 2.10. The highest BCUT2D eigenvalue weighted by Gasteiger charge is 2.10. The van der Waals surface area contributed by atoms with Crippen LogP contribution in [0.5, 0.6) is 5.75 Å². The molecule has 3 aromatic rings. The van der Waals surface area contributed by atoms with Gasteiger partial charge in [-0.25, -0.2) is 0 Å². The number of nitriles is 1. The second-order valence-electron chi connectivity index (χ2n) is 4.73. The molecule has 4 nitrogen and oxygen atoms in total. The number of methoxy groups -OCH3 is 1. The molecule has 0 spiro atoms. The minimum atomic E-state index is 0.567. The summed E-state index contributed by atoms with van der Waals surface area (Å²) in [5.74, 6) is 0.836. The van der Waals surface area contributed by atoms with Gasteiger partial charge in [0.2, 0.25) is 0 Å². The van der Waals surface area contributed by atoms with Crippen molar-refractivity contribution in [2.24, 2.45) is 0 Å². The molecule has 5 heteroatoms. The van der Waals surface area contributed by atoms with E-state index < -0.39 is 0 Å². The molecule has 1 aromatic heterocycles. The van der Waals surface area contributed by atoms with Crippen LogP contribution in [0, 0.1) is 23.0 Å². The summed E-state index contributed by atoms with van der Waals surface area (Å²) in [6.07, 6.45) is 0. The Balaban J connectivity index is 2.31. The van der Waals surface area contributed by atoms with Crippen LogP contribution in [0.3, 0.4) is 0 Å². The lowest BCUT2D eigenvalue weighted by atomic mass is 10.1. The first-order valence-corrected chi connectivity index (χ1v) is 6.85. The predicted molar refractivity (Wildman–Crippen MR) is 84.5 cm³/mol. The number of rotatable bonds is 2. The molecule has 2 aromatic carbocycles. The molecule has 0 saturated heterocycles. The van der Waals surface area contributed by atoms with Crippen molar-refractivity contribution >= 4 is 23.3 Å². The monoisotopic (exact) mass is 295 g/mol. The van der Waals surface area contributed by atoms with E-state index in [9.17, 15) is 5.26 Å². The van der Waals surface area contributed by atoms with Crippen molar-refractivity contribution in [3.63, 3.8) is 0 Å². The molecule has 0 fully saturated rings.